The van der Waals surface area contributed by atoms with E-state index in [1.54, 1.807) is 6.07 Å². The summed E-state index contributed by atoms with van der Waals surface area (Å²) < 4.78 is 4.44. The molecule has 0 radical (unpaired) electrons. The summed E-state index contributed by atoms with van der Waals surface area (Å²) in [4.78, 5) is 21.2. The van der Waals surface area contributed by atoms with Gasteiger partial charge in [0.2, 0.25) is 0 Å². The first-order valence-electron chi connectivity index (χ1n) is 4.45. The second-order valence-electron chi connectivity index (χ2n) is 3.05. The van der Waals surface area contributed by atoms with Gasteiger partial charge in [-0.1, -0.05) is 0 Å². The Kier molecular flexibility index (Phi) is 3.74. The molecule has 0 aliphatic carbocycles. The maximum absolute atomic E-state index is 11.2. The predicted molar refractivity (Wildman–Crippen MR) is 55.1 cm³/mol. The maximum Gasteiger partial charge on any atom is 0.337 e. The Morgan fingerprint density at radius 2 is 2.29 bits per heavy atom. The Balaban J connectivity index is 3.51. The number of nitro benzene ring substituents is 1. The lowest BCUT2D eigenvalue weighted by Gasteiger charge is -2.04. The van der Waals surface area contributed by atoms with Crippen molar-refractivity contribution in [2.24, 2.45) is 0 Å². The SMILES string of the molecule is COC(=O)c1cc(C#N)c([N+](=O)[O-])c(CO)c1. The van der Waals surface area contributed by atoms with E-state index in [1.807, 2.05) is 0 Å². The standard InChI is InChI=1S/C10H8N2O5/c1-17-10(14)6-2-7(4-11)9(12(15)16)8(3-6)5-13/h2-3,13H,5H2,1H3. The first-order valence-corrected chi connectivity index (χ1v) is 4.45. The number of nitriles is 1. The molecule has 0 unspecified atom stereocenters. The minimum Gasteiger partial charge on any atom is -0.465 e. The molecule has 0 aliphatic rings. The van der Waals surface area contributed by atoms with Gasteiger partial charge in [0.25, 0.3) is 5.69 Å². The van der Waals surface area contributed by atoms with Crippen LogP contribution in [0.4, 0.5) is 5.69 Å². The van der Waals surface area contributed by atoms with E-state index in [1.165, 1.54) is 0 Å². The Morgan fingerprint density at radius 3 is 2.71 bits per heavy atom. The monoisotopic (exact) mass is 236 g/mol. The summed E-state index contributed by atoms with van der Waals surface area (Å²) in [6.45, 7) is -0.643. The Morgan fingerprint density at radius 1 is 1.65 bits per heavy atom. The van der Waals surface area contributed by atoms with Gasteiger partial charge >= 0.3 is 5.97 Å². The highest BCUT2D eigenvalue weighted by atomic mass is 16.6. The maximum atomic E-state index is 11.2. The average molecular weight is 236 g/mol. The molecule has 0 heterocycles. The number of rotatable bonds is 3. The third kappa shape index (κ3) is 2.38. The first-order chi connectivity index (χ1) is 8.04. The van der Waals surface area contributed by atoms with Crippen LogP contribution >= 0.6 is 0 Å². The number of carbonyl (C=O) groups excluding carboxylic acids is 1. The quantitative estimate of drug-likeness (QED) is 0.470. The minimum absolute atomic E-state index is 0.0151. The normalized spacial score (nSPS) is 9.47. The van der Waals surface area contributed by atoms with E-state index in [9.17, 15) is 14.9 Å². The molecule has 1 aromatic carbocycles. The van der Waals surface area contributed by atoms with Crippen molar-refractivity contribution in [2.45, 2.75) is 6.61 Å². The van der Waals surface area contributed by atoms with E-state index in [-0.39, 0.29) is 16.7 Å². The van der Waals surface area contributed by atoms with E-state index in [0.29, 0.717) is 0 Å². The largest absolute Gasteiger partial charge is 0.465 e. The van der Waals surface area contributed by atoms with Gasteiger partial charge in [-0.3, -0.25) is 10.1 Å². The van der Waals surface area contributed by atoms with Crippen molar-refractivity contribution >= 4 is 11.7 Å². The number of carbonyl (C=O) groups is 1. The van der Waals surface area contributed by atoms with Gasteiger partial charge in [0, 0.05) is 0 Å². The molecule has 0 atom stereocenters. The van der Waals surface area contributed by atoms with Crippen molar-refractivity contribution in [3.63, 3.8) is 0 Å². The van der Waals surface area contributed by atoms with Gasteiger partial charge in [0.1, 0.15) is 11.6 Å². The number of esters is 1. The zero-order valence-corrected chi connectivity index (χ0v) is 8.84. The van der Waals surface area contributed by atoms with Crippen molar-refractivity contribution in [1.82, 2.24) is 0 Å². The molecule has 7 heteroatoms. The fraction of sp³-hybridized carbons (Fsp3) is 0.200. The second-order valence-corrected chi connectivity index (χ2v) is 3.05. The molecule has 0 spiro atoms. The van der Waals surface area contributed by atoms with E-state index >= 15 is 0 Å². The number of hydrogen-bond acceptors (Lipinski definition) is 6. The number of ether oxygens (including phenoxy) is 1. The lowest BCUT2D eigenvalue weighted by atomic mass is 10.0. The highest BCUT2D eigenvalue weighted by molar-refractivity contribution is 5.90. The number of methoxy groups -OCH3 is 1. The number of aliphatic hydroxyl groups excluding tert-OH is 1. The van der Waals surface area contributed by atoms with E-state index in [0.717, 1.165) is 19.2 Å². The highest BCUT2D eigenvalue weighted by Crippen LogP contribution is 2.25. The Labute approximate surface area is 96.0 Å². The molecule has 0 saturated carbocycles. The smallest absolute Gasteiger partial charge is 0.337 e. The number of aliphatic hydroxyl groups is 1. The van der Waals surface area contributed by atoms with Crippen LogP contribution in [0.15, 0.2) is 12.1 Å². The van der Waals surface area contributed by atoms with Crippen molar-refractivity contribution in [1.29, 1.82) is 5.26 Å². The van der Waals surface area contributed by atoms with Crippen LogP contribution in [0.2, 0.25) is 0 Å². The van der Waals surface area contributed by atoms with Crippen molar-refractivity contribution in [3.05, 3.63) is 38.9 Å². The van der Waals surface area contributed by atoms with Gasteiger partial charge < -0.3 is 9.84 Å². The van der Waals surface area contributed by atoms with Crippen LogP contribution in [0.1, 0.15) is 21.5 Å². The van der Waals surface area contributed by atoms with Crippen LogP contribution in [0.3, 0.4) is 0 Å². The summed E-state index contributed by atoms with van der Waals surface area (Å²) in [5, 5.41) is 28.5. The van der Waals surface area contributed by atoms with Gasteiger partial charge in [0.05, 0.1) is 29.8 Å². The van der Waals surface area contributed by atoms with Crippen LogP contribution in [0.25, 0.3) is 0 Å². The molecule has 7 nitrogen and oxygen atoms in total. The van der Waals surface area contributed by atoms with Crippen molar-refractivity contribution in [2.75, 3.05) is 7.11 Å². The topological polar surface area (TPSA) is 113 Å². The van der Waals surface area contributed by atoms with Gasteiger partial charge in [-0.25, -0.2) is 4.79 Å². The molecule has 1 N–H and O–H groups in total. The fourth-order valence-electron chi connectivity index (χ4n) is 1.35. The van der Waals surface area contributed by atoms with Crippen LogP contribution < -0.4 is 0 Å². The van der Waals surface area contributed by atoms with E-state index in [2.05, 4.69) is 4.74 Å². The lowest BCUT2D eigenvalue weighted by molar-refractivity contribution is -0.386. The molecule has 0 amide bonds. The van der Waals surface area contributed by atoms with E-state index in [4.69, 9.17) is 10.4 Å². The number of benzene rings is 1. The van der Waals surface area contributed by atoms with Crippen LogP contribution in [0, 0.1) is 21.4 Å². The molecule has 1 rings (SSSR count). The van der Waals surface area contributed by atoms with Crippen LogP contribution in [-0.4, -0.2) is 23.1 Å². The Hall–Kier alpha value is -2.46. The van der Waals surface area contributed by atoms with Gasteiger partial charge in [-0.2, -0.15) is 5.26 Å². The highest BCUT2D eigenvalue weighted by Gasteiger charge is 2.22. The molecule has 0 fully saturated rings. The van der Waals surface area contributed by atoms with Crippen LogP contribution in [0.5, 0.6) is 0 Å². The first kappa shape index (κ1) is 12.6. The molecule has 0 saturated heterocycles. The summed E-state index contributed by atoms with van der Waals surface area (Å²) in [5.41, 5.74) is -0.905. The zero-order valence-electron chi connectivity index (χ0n) is 8.84. The average Bonchev–Trinajstić information content (AvgIpc) is 2.35. The molecule has 1 aromatic rings. The molecule has 17 heavy (non-hydrogen) atoms. The molecule has 0 bridgehead atoms. The third-order valence-corrected chi connectivity index (χ3v) is 2.08. The Bertz CT molecular complexity index is 518. The van der Waals surface area contributed by atoms with Crippen LogP contribution in [-0.2, 0) is 11.3 Å². The number of nitrogens with zero attached hydrogens (tertiary/aromatic N) is 2. The molecular weight excluding hydrogens is 228 g/mol. The summed E-state index contributed by atoms with van der Waals surface area (Å²) in [7, 11) is 1.15. The zero-order chi connectivity index (χ0) is 13.0. The third-order valence-electron chi connectivity index (χ3n) is 2.08. The molecule has 88 valence electrons. The van der Waals surface area contributed by atoms with Gasteiger partial charge in [0.15, 0.2) is 0 Å². The van der Waals surface area contributed by atoms with Crippen molar-refractivity contribution < 1.29 is 19.6 Å². The summed E-state index contributed by atoms with van der Waals surface area (Å²) in [6.07, 6.45) is 0. The lowest BCUT2D eigenvalue weighted by Crippen LogP contribution is -2.06. The van der Waals surface area contributed by atoms with E-state index < -0.39 is 23.2 Å². The van der Waals surface area contributed by atoms with Gasteiger partial charge in [-0.05, 0) is 12.1 Å². The summed E-state index contributed by atoms with van der Waals surface area (Å²) >= 11 is 0. The predicted octanol–water partition coefficient (Wildman–Crippen LogP) is 0.745. The fourth-order valence-corrected chi connectivity index (χ4v) is 1.35. The molecular formula is C10H8N2O5. The molecule has 0 aliphatic heterocycles. The van der Waals surface area contributed by atoms with Crippen molar-refractivity contribution in [3.8, 4) is 6.07 Å². The van der Waals surface area contributed by atoms with Gasteiger partial charge in [-0.15, -0.1) is 0 Å². The summed E-state index contributed by atoms with van der Waals surface area (Å²) in [5.74, 6) is -0.730. The number of nitro groups is 1. The second kappa shape index (κ2) is 5.05. The molecule has 0 aromatic heterocycles. The minimum atomic E-state index is -0.773. The number of hydrogen-bond donors (Lipinski definition) is 1. The summed E-state index contributed by atoms with van der Waals surface area (Å²) in [6, 6.07) is 3.80.